The van der Waals surface area contributed by atoms with E-state index in [2.05, 4.69) is 34.9 Å². The molecule has 0 radical (unpaired) electrons. The molecule has 186 valence electrons. The third-order valence-corrected chi connectivity index (χ3v) is 7.84. The molecule has 0 bridgehead atoms. The van der Waals surface area contributed by atoms with Gasteiger partial charge in [0, 0.05) is 5.92 Å². The van der Waals surface area contributed by atoms with E-state index in [0.29, 0.717) is 25.7 Å². The van der Waals surface area contributed by atoms with Crippen LogP contribution in [0.1, 0.15) is 56.1 Å². The molecule has 2 aromatic rings. The number of ether oxygens (including phenoxy) is 1. The van der Waals surface area contributed by atoms with Crippen molar-refractivity contribution in [3.63, 3.8) is 0 Å². The smallest absolute Gasteiger partial charge is 0.407 e. The van der Waals surface area contributed by atoms with Crippen molar-refractivity contribution in [2.75, 3.05) is 18.1 Å². The third-order valence-electron chi connectivity index (χ3n) is 6.86. The molecule has 3 N–H and O–H groups in total. The second-order valence-corrected chi connectivity index (χ2v) is 10.5. The number of nitrogens with one attached hydrogen (secondary N) is 2. The van der Waals surface area contributed by atoms with Gasteiger partial charge in [-0.2, -0.15) is 11.8 Å². The summed E-state index contributed by atoms with van der Waals surface area (Å²) in [5.74, 6) is 0.241. The van der Waals surface area contributed by atoms with Crippen molar-refractivity contribution in [1.82, 2.24) is 10.6 Å². The lowest BCUT2D eigenvalue weighted by Gasteiger charge is -2.37. The maximum absolute atomic E-state index is 13.1. The Kier molecular flexibility index (Phi) is 8.00. The van der Waals surface area contributed by atoms with Crippen LogP contribution >= 0.6 is 11.8 Å². The summed E-state index contributed by atoms with van der Waals surface area (Å²) in [6.07, 6.45) is 1.55. The second-order valence-electron chi connectivity index (χ2n) is 9.26. The average molecular weight is 497 g/mol. The van der Waals surface area contributed by atoms with Crippen LogP contribution in [-0.2, 0) is 14.3 Å². The van der Waals surface area contributed by atoms with Crippen LogP contribution in [-0.4, -0.2) is 52.8 Å². The van der Waals surface area contributed by atoms with Crippen molar-refractivity contribution >= 4 is 29.7 Å². The minimum atomic E-state index is -0.936. The lowest BCUT2D eigenvalue weighted by Crippen LogP contribution is -2.57. The standard InChI is InChI=1S/C27H32N2O5S/c1-2-7-23(25(32)29-27(16-24(30)31)12-14-35-15-13-27)28-26(33)34-17-22-20-10-5-3-8-18(20)19-9-4-6-11-21(19)22/h3-6,8-11,22-23H,2,7,12-17H2,1H3,(H,28,33)(H,29,32)(H,30,31). The molecule has 2 amide bonds. The molecule has 1 aliphatic carbocycles. The van der Waals surface area contributed by atoms with Gasteiger partial charge < -0.3 is 20.5 Å². The van der Waals surface area contributed by atoms with E-state index in [1.54, 1.807) is 11.8 Å². The van der Waals surface area contributed by atoms with Gasteiger partial charge in [-0.05, 0) is 53.0 Å². The van der Waals surface area contributed by atoms with Crippen molar-refractivity contribution in [2.24, 2.45) is 0 Å². The summed E-state index contributed by atoms with van der Waals surface area (Å²) in [6.45, 7) is 2.10. The molecule has 8 heteroatoms. The van der Waals surface area contributed by atoms with Gasteiger partial charge in [-0.3, -0.25) is 9.59 Å². The summed E-state index contributed by atoms with van der Waals surface area (Å²) in [4.78, 5) is 37.3. The van der Waals surface area contributed by atoms with Crippen molar-refractivity contribution in [3.05, 3.63) is 59.7 Å². The molecule has 0 spiro atoms. The molecule has 4 rings (SSSR count). The van der Waals surface area contributed by atoms with E-state index in [4.69, 9.17) is 4.74 Å². The predicted octanol–water partition coefficient (Wildman–Crippen LogP) is 4.55. The summed E-state index contributed by atoms with van der Waals surface area (Å²) in [7, 11) is 0. The number of carboxylic acids is 1. The molecule has 1 unspecified atom stereocenters. The van der Waals surface area contributed by atoms with E-state index in [1.165, 1.54) is 0 Å². The van der Waals surface area contributed by atoms with Gasteiger partial charge in [0.1, 0.15) is 12.6 Å². The molecule has 7 nitrogen and oxygen atoms in total. The minimum absolute atomic E-state index is 0.0647. The van der Waals surface area contributed by atoms with Gasteiger partial charge >= 0.3 is 12.1 Å². The Morgan fingerprint density at radius 1 is 1.06 bits per heavy atom. The third kappa shape index (κ3) is 5.81. The Morgan fingerprint density at radius 3 is 2.23 bits per heavy atom. The number of rotatable bonds is 9. The zero-order valence-corrected chi connectivity index (χ0v) is 20.7. The summed E-state index contributed by atoms with van der Waals surface area (Å²) in [5, 5.41) is 15.1. The number of fused-ring (bicyclic) bond motifs is 3. The number of alkyl carbamates (subject to hydrolysis) is 1. The molecule has 1 saturated heterocycles. The zero-order chi connectivity index (χ0) is 24.8. The van der Waals surface area contributed by atoms with Gasteiger partial charge in [-0.1, -0.05) is 61.9 Å². The normalized spacial score (nSPS) is 17.1. The molecular weight excluding hydrogens is 464 g/mol. The van der Waals surface area contributed by atoms with Gasteiger partial charge in [-0.15, -0.1) is 0 Å². The van der Waals surface area contributed by atoms with Crippen molar-refractivity contribution in [3.8, 4) is 11.1 Å². The summed E-state index contributed by atoms with van der Waals surface area (Å²) in [5.41, 5.74) is 3.76. The summed E-state index contributed by atoms with van der Waals surface area (Å²) < 4.78 is 5.62. The summed E-state index contributed by atoms with van der Waals surface area (Å²) >= 11 is 1.76. The van der Waals surface area contributed by atoms with Crippen LogP contribution in [0.15, 0.2) is 48.5 Å². The first-order valence-electron chi connectivity index (χ1n) is 12.2. The fourth-order valence-electron chi connectivity index (χ4n) is 5.09. The van der Waals surface area contributed by atoms with Crippen molar-refractivity contribution in [2.45, 2.75) is 56.5 Å². The first kappa shape index (κ1) is 25.1. The lowest BCUT2D eigenvalue weighted by molar-refractivity contribution is -0.139. The van der Waals surface area contributed by atoms with Crippen LogP contribution in [0.3, 0.4) is 0 Å². The Labute approximate surface area is 210 Å². The monoisotopic (exact) mass is 496 g/mol. The van der Waals surface area contributed by atoms with Gasteiger partial charge in [-0.25, -0.2) is 4.79 Å². The van der Waals surface area contributed by atoms with E-state index in [9.17, 15) is 19.5 Å². The number of carbonyl (C=O) groups is 3. The van der Waals surface area contributed by atoms with Crippen LogP contribution < -0.4 is 10.6 Å². The lowest BCUT2D eigenvalue weighted by atomic mass is 9.88. The first-order chi connectivity index (χ1) is 16.9. The molecule has 0 aromatic heterocycles. The molecule has 2 aromatic carbocycles. The average Bonchev–Trinajstić information content (AvgIpc) is 3.16. The number of amides is 2. The quantitative estimate of drug-likeness (QED) is 0.470. The Balaban J connectivity index is 1.40. The van der Waals surface area contributed by atoms with Gasteiger partial charge in [0.2, 0.25) is 5.91 Å². The van der Waals surface area contributed by atoms with E-state index in [0.717, 1.165) is 33.8 Å². The highest BCUT2D eigenvalue weighted by atomic mass is 32.2. The zero-order valence-electron chi connectivity index (χ0n) is 19.9. The van der Waals surface area contributed by atoms with Crippen LogP contribution in [0.25, 0.3) is 11.1 Å². The van der Waals surface area contributed by atoms with E-state index in [1.807, 2.05) is 31.2 Å². The maximum atomic E-state index is 13.1. The number of carbonyl (C=O) groups excluding carboxylic acids is 2. The molecule has 2 aliphatic rings. The Morgan fingerprint density at radius 2 is 1.66 bits per heavy atom. The molecule has 1 atom stereocenters. The van der Waals surface area contributed by atoms with Crippen LogP contribution in [0.5, 0.6) is 0 Å². The van der Waals surface area contributed by atoms with Crippen molar-refractivity contribution in [1.29, 1.82) is 0 Å². The fourth-order valence-corrected chi connectivity index (χ4v) is 6.36. The highest BCUT2D eigenvalue weighted by Crippen LogP contribution is 2.44. The minimum Gasteiger partial charge on any atom is -0.481 e. The number of benzene rings is 2. The topological polar surface area (TPSA) is 105 Å². The largest absolute Gasteiger partial charge is 0.481 e. The second kappa shape index (κ2) is 11.2. The first-order valence-corrected chi connectivity index (χ1v) is 13.3. The molecule has 1 fully saturated rings. The van der Waals surface area contributed by atoms with E-state index in [-0.39, 0.29) is 24.9 Å². The number of hydrogen-bond acceptors (Lipinski definition) is 5. The van der Waals surface area contributed by atoms with E-state index < -0.39 is 23.6 Å². The molecule has 1 heterocycles. The number of carboxylic acid groups (broad SMARTS) is 1. The Bertz CT molecular complexity index is 1040. The number of hydrogen-bond donors (Lipinski definition) is 3. The van der Waals surface area contributed by atoms with Gasteiger partial charge in [0.15, 0.2) is 0 Å². The van der Waals surface area contributed by atoms with Gasteiger partial charge in [0.25, 0.3) is 0 Å². The van der Waals surface area contributed by atoms with Crippen LogP contribution in [0.4, 0.5) is 4.79 Å². The number of aliphatic carboxylic acids is 1. The van der Waals surface area contributed by atoms with E-state index >= 15 is 0 Å². The molecule has 0 saturated carbocycles. The molecule has 1 aliphatic heterocycles. The maximum Gasteiger partial charge on any atom is 0.407 e. The Hall–Kier alpha value is -3.00. The highest BCUT2D eigenvalue weighted by Gasteiger charge is 2.38. The van der Waals surface area contributed by atoms with Crippen LogP contribution in [0, 0.1) is 0 Å². The number of thioether (sulfide) groups is 1. The van der Waals surface area contributed by atoms with Gasteiger partial charge in [0.05, 0.1) is 12.0 Å². The molecule has 35 heavy (non-hydrogen) atoms. The molecular formula is C27H32N2O5S. The SMILES string of the molecule is CCCC(NC(=O)OCC1c2ccccc2-c2ccccc21)C(=O)NC1(CC(=O)O)CCSCC1. The fraction of sp³-hybridized carbons (Fsp3) is 0.444. The van der Waals surface area contributed by atoms with Crippen LogP contribution in [0.2, 0.25) is 0 Å². The summed E-state index contributed by atoms with van der Waals surface area (Å²) in [6, 6.07) is 15.4. The van der Waals surface area contributed by atoms with Crippen molar-refractivity contribution < 1.29 is 24.2 Å². The highest BCUT2D eigenvalue weighted by molar-refractivity contribution is 7.99. The predicted molar refractivity (Wildman–Crippen MR) is 137 cm³/mol.